The monoisotopic (exact) mass is 289 g/mol. The Hall–Kier alpha value is -0.940. The molecule has 2 rings (SSSR count). The molecule has 1 aromatic rings. The van der Waals surface area contributed by atoms with Gasteiger partial charge < -0.3 is 9.64 Å². The maximum Gasteiger partial charge on any atom is 0.258 e. The second-order valence-electron chi connectivity index (χ2n) is 3.84. The Morgan fingerprint density at radius 2 is 2.11 bits per heavy atom. The van der Waals surface area contributed by atoms with Gasteiger partial charge in [0, 0.05) is 24.6 Å². The third-order valence-corrected chi connectivity index (χ3v) is 4.05. The summed E-state index contributed by atoms with van der Waals surface area (Å²) < 4.78 is 18.9. The molecule has 1 amide bonds. The molecular formula is C12H13ClFNO2S. The first-order valence-corrected chi connectivity index (χ1v) is 7.07. The lowest BCUT2D eigenvalue weighted by molar-refractivity contribution is 0.0767. The molecule has 0 N–H and O–H groups in total. The topological polar surface area (TPSA) is 29.5 Å². The molecule has 0 bridgehead atoms. The molecule has 1 aliphatic rings. The minimum Gasteiger partial charge on any atom is -0.494 e. The zero-order valence-electron chi connectivity index (χ0n) is 9.91. The summed E-state index contributed by atoms with van der Waals surface area (Å²) in [6.07, 6.45) is 0. The van der Waals surface area contributed by atoms with Gasteiger partial charge in [0.25, 0.3) is 5.91 Å². The average molecular weight is 290 g/mol. The number of nitrogens with zero attached hydrogens (tertiary/aromatic N) is 1. The lowest BCUT2D eigenvalue weighted by Crippen LogP contribution is -2.38. The van der Waals surface area contributed by atoms with Crippen LogP contribution >= 0.6 is 23.4 Å². The molecule has 98 valence electrons. The second kappa shape index (κ2) is 5.80. The standard InChI is InChI=1S/C12H13ClFNO2S/c1-17-9-3-2-8(13)10(11(9)14)12(16)15-4-6-18-7-5-15/h2-3H,4-7H2,1H3. The van der Waals surface area contributed by atoms with Crippen LogP contribution in [0.1, 0.15) is 10.4 Å². The van der Waals surface area contributed by atoms with Crippen LogP contribution in [0, 0.1) is 5.82 Å². The maximum atomic E-state index is 14.1. The number of benzene rings is 1. The number of hydrogen-bond acceptors (Lipinski definition) is 3. The Bertz CT molecular complexity index is 464. The molecule has 0 unspecified atom stereocenters. The van der Waals surface area contributed by atoms with Gasteiger partial charge in [-0.1, -0.05) is 11.6 Å². The summed E-state index contributed by atoms with van der Waals surface area (Å²) in [6.45, 7) is 1.24. The van der Waals surface area contributed by atoms with Gasteiger partial charge in [-0.2, -0.15) is 11.8 Å². The number of halogens is 2. The highest BCUT2D eigenvalue weighted by molar-refractivity contribution is 7.99. The highest BCUT2D eigenvalue weighted by atomic mass is 35.5. The molecule has 0 atom stereocenters. The van der Waals surface area contributed by atoms with E-state index in [2.05, 4.69) is 0 Å². The Labute approximate surface area is 114 Å². The number of carbonyl (C=O) groups excluding carboxylic acids is 1. The van der Waals surface area contributed by atoms with Gasteiger partial charge in [-0.25, -0.2) is 4.39 Å². The van der Waals surface area contributed by atoms with Gasteiger partial charge in [0.2, 0.25) is 0 Å². The summed E-state index contributed by atoms with van der Waals surface area (Å²) in [4.78, 5) is 13.9. The Balaban J connectivity index is 2.34. The highest BCUT2D eigenvalue weighted by Gasteiger charge is 2.25. The fourth-order valence-corrected chi connectivity index (χ4v) is 2.94. The highest BCUT2D eigenvalue weighted by Crippen LogP contribution is 2.28. The van der Waals surface area contributed by atoms with Crippen molar-refractivity contribution < 1.29 is 13.9 Å². The van der Waals surface area contributed by atoms with Gasteiger partial charge >= 0.3 is 0 Å². The van der Waals surface area contributed by atoms with Crippen molar-refractivity contribution in [3.63, 3.8) is 0 Å². The molecule has 0 spiro atoms. The minimum atomic E-state index is -0.687. The molecule has 1 saturated heterocycles. The zero-order valence-corrected chi connectivity index (χ0v) is 11.5. The molecule has 0 saturated carbocycles. The molecule has 1 aliphatic heterocycles. The second-order valence-corrected chi connectivity index (χ2v) is 5.48. The number of methoxy groups -OCH3 is 1. The fourth-order valence-electron chi connectivity index (χ4n) is 1.81. The van der Waals surface area contributed by atoms with E-state index in [-0.39, 0.29) is 22.2 Å². The van der Waals surface area contributed by atoms with Crippen molar-refractivity contribution in [3.05, 3.63) is 28.5 Å². The molecule has 1 fully saturated rings. The number of carbonyl (C=O) groups is 1. The SMILES string of the molecule is COc1ccc(Cl)c(C(=O)N2CCSCC2)c1F. The van der Waals surface area contributed by atoms with E-state index in [0.29, 0.717) is 13.1 Å². The van der Waals surface area contributed by atoms with Crippen LogP contribution in [0.25, 0.3) is 0 Å². The van der Waals surface area contributed by atoms with E-state index in [0.717, 1.165) is 11.5 Å². The first kappa shape index (κ1) is 13.5. The minimum absolute atomic E-state index is 0.0362. The van der Waals surface area contributed by atoms with Crippen LogP contribution < -0.4 is 4.74 Å². The van der Waals surface area contributed by atoms with Gasteiger partial charge in [0.15, 0.2) is 11.6 Å². The third kappa shape index (κ3) is 2.57. The van der Waals surface area contributed by atoms with Crippen molar-refractivity contribution in [1.82, 2.24) is 4.90 Å². The van der Waals surface area contributed by atoms with Crippen molar-refractivity contribution in [2.45, 2.75) is 0 Å². The zero-order chi connectivity index (χ0) is 13.1. The summed E-state index contributed by atoms with van der Waals surface area (Å²) in [5.74, 6) is 0.725. The predicted octanol–water partition coefficient (Wildman–Crippen LogP) is 2.68. The van der Waals surface area contributed by atoms with Gasteiger partial charge in [-0.3, -0.25) is 4.79 Å². The van der Waals surface area contributed by atoms with E-state index in [4.69, 9.17) is 16.3 Å². The van der Waals surface area contributed by atoms with Crippen molar-refractivity contribution in [2.75, 3.05) is 31.7 Å². The van der Waals surface area contributed by atoms with Gasteiger partial charge in [0.05, 0.1) is 17.7 Å². The van der Waals surface area contributed by atoms with E-state index in [1.807, 2.05) is 0 Å². The molecule has 1 aromatic carbocycles. The largest absolute Gasteiger partial charge is 0.494 e. The Morgan fingerprint density at radius 1 is 1.44 bits per heavy atom. The quantitative estimate of drug-likeness (QED) is 0.838. The van der Waals surface area contributed by atoms with E-state index in [1.165, 1.54) is 19.2 Å². The normalized spacial score (nSPS) is 15.6. The first-order valence-electron chi connectivity index (χ1n) is 5.54. The molecular weight excluding hydrogens is 277 g/mol. The van der Waals surface area contributed by atoms with Crippen LogP contribution in [-0.4, -0.2) is 42.5 Å². The van der Waals surface area contributed by atoms with Gasteiger partial charge in [-0.05, 0) is 12.1 Å². The fraction of sp³-hybridized carbons (Fsp3) is 0.417. The number of amides is 1. The lowest BCUT2D eigenvalue weighted by atomic mass is 10.1. The molecule has 0 radical (unpaired) electrons. The van der Waals surface area contributed by atoms with E-state index in [1.54, 1.807) is 16.7 Å². The summed E-state index contributed by atoms with van der Waals surface area (Å²) in [7, 11) is 1.36. The van der Waals surface area contributed by atoms with E-state index in [9.17, 15) is 9.18 Å². The van der Waals surface area contributed by atoms with E-state index < -0.39 is 5.82 Å². The van der Waals surface area contributed by atoms with E-state index >= 15 is 0 Å². The van der Waals surface area contributed by atoms with Crippen molar-refractivity contribution in [1.29, 1.82) is 0 Å². The molecule has 0 aliphatic carbocycles. The van der Waals surface area contributed by atoms with Crippen LogP contribution in [0.2, 0.25) is 5.02 Å². The average Bonchev–Trinajstić information content (AvgIpc) is 2.40. The molecule has 1 heterocycles. The van der Waals surface area contributed by atoms with Crippen LogP contribution in [0.4, 0.5) is 4.39 Å². The Morgan fingerprint density at radius 3 is 2.72 bits per heavy atom. The smallest absolute Gasteiger partial charge is 0.258 e. The summed E-state index contributed by atoms with van der Waals surface area (Å²) in [5.41, 5.74) is -0.0945. The summed E-state index contributed by atoms with van der Waals surface area (Å²) in [6, 6.07) is 2.90. The summed E-state index contributed by atoms with van der Waals surface area (Å²) in [5, 5.41) is 0.122. The van der Waals surface area contributed by atoms with Gasteiger partial charge in [-0.15, -0.1) is 0 Å². The Kier molecular flexibility index (Phi) is 4.35. The van der Waals surface area contributed by atoms with Crippen molar-refractivity contribution >= 4 is 29.3 Å². The number of ether oxygens (including phenoxy) is 1. The number of hydrogen-bond donors (Lipinski definition) is 0. The van der Waals surface area contributed by atoms with Gasteiger partial charge in [0.1, 0.15) is 0 Å². The predicted molar refractivity (Wildman–Crippen MR) is 71.2 cm³/mol. The van der Waals surface area contributed by atoms with Crippen LogP contribution in [0.15, 0.2) is 12.1 Å². The third-order valence-electron chi connectivity index (χ3n) is 2.79. The summed E-state index contributed by atoms with van der Waals surface area (Å²) >= 11 is 7.71. The maximum absolute atomic E-state index is 14.1. The molecule has 18 heavy (non-hydrogen) atoms. The molecule has 3 nitrogen and oxygen atoms in total. The molecule has 6 heteroatoms. The van der Waals surface area contributed by atoms with Crippen LogP contribution in [0.5, 0.6) is 5.75 Å². The van der Waals surface area contributed by atoms with Crippen LogP contribution in [-0.2, 0) is 0 Å². The van der Waals surface area contributed by atoms with Crippen LogP contribution in [0.3, 0.4) is 0 Å². The van der Waals surface area contributed by atoms with Crippen molar-refractivity contribution in [3.8, 4) is 5.75 Å². The lowest BCUT2D eigenvalue weighted by Gasteiger charge is -2.27. The van der Waals surface area contributed by atoms with Crippen molar-refractivity contribution in [2.24, 2.45) is 0 Å². The molecule has 0 aromatic heterocycles. The number of rotatable bonds is 2. The first-order chi connectivity index (χ1) is 8.65. The number of thioether (sulfide) groups is 1.